The summed E-state index contributed by atoms with van der Waals surface area (Å²) in [6, 6.07) is 5.67. The summed E-state index contributed by atoms with van der Waals surface area (Å²) < 4.78 is 0. The number of nitrogens with one attached hydrogen (secondary N) is 1. The molecule has 0 unspecified atom stereocenters. The highest BCUT2D eigenvalue weighted by Gasteiger charge is 2.34. The van der Waals surface area contributed by atoms with Crippen molar-refractivity contribution >= 4 is 23.2 Å². The maximum absolute atomic E-state index is 12.3. The molecule has 0 aromatic heterocycles. The van der Waals surface area contributed by atoms with E-state index in [2.05, 4.69) is 19.2 Å². The topological polar surface area (TPSA) is 32.3 Å². The molecule has 1 fully saturated rings. The van der Waals surface area contributed by atoms with Gasteiger partial charge in [-0.3, -0.25) is 4.79 Å². The van der Waals surface area contributed by atoms with Gasteiger partial charge in [0, 0.05) is 30.2 Å². The third-order valence-electron chi connectivity index (χ3n) is 3.33. The van der Waals surface area contributed by atoms with Gasteiger partial charge in [0.1, 0.15) is 0 Å². The number of aryl methyl sites for hydroxylation is 1. The molecule has 0 bridgehead atoms. The number of anilines is 1. The van der Waals surface area contributed by atoms with E-state index in [0.29, 0.717) is 11.4 Å². The molecular formula is C14H19ClN2O. The molecule has 0 aliphatic carbocycles. The van der Waals surface area contributed by atoms with E-state index in [1.54, 1.807) is 0 Å². The summed E-state index contributed by atoms with van der Waals surface area (Å²) in [6.45, 7) is 7.68. The van der Waals surface area contributed by atoms with Crippen LogP contribution in [0.2, 0.25) is 5.02 Å². The molecule has 0 radical (unpaired) electrons. The van der Waals surface area contributed by atoms with Crippen molar-refractivity contribution in [1.29, 1.82) is 0 Å². The molecule has 0 saturated carbocycles. The Labute approximate surface area is 113 Å². The first-order valence-electron chi connectivity index (χ1n) is 6.22. The Morgan fingerprint density at radius 1 is 1.39 bits per heavy atom. The molecule has 1 aromatic rings. The Balaban J connectivity index is 2.47. The minimum atomic E-state index is -0.230. The maximum Gasteiger partial charge on any atom is 0.228 e. The Kier molecular flexibility index (Phi) is 3.64. The van der Waals surface area contributed by atoms with Crippen molar-refractivity contribution in [3.8, 4) is 0 Å². The van der Waals surface area contributed by atoms with Gasteiger partial charge >= 0.3 is 0 Å². The Hall–Kier alpha value is -1.06. The van der Waals surface area contributed by atoms with Crippen LogP contribution in [0.4, 0.5) is 5.69 Å². The SMILES string of the molecule is Cc1cc(Cl)ccc1N1C(=O)CCNCC1(C)C. The van der Waals surface area contributed by atoms with E-state index in [1.165, 1.54) is 0 Å². The molecule has 4 heteroatoms. The van der Waals surface area contributed by atoms with Gasteiger partial charge in [-0.05, 0) is 44.5 Å². The zero-order valence-corrected chi connectivity index (χ0v) is 11.8. The molecule has 1 aliphatic rings. The fourth-order valence-corrected chi connectivity index (χ4v) is 2.67. The lowest BCUT2D eigenvalue weighted by molar-refractivity contribution is -0.119. The summed E-state index contributed by atoms with van der Waals surface area (Å²) in [5, 5.41) is 4.01. The van der Waals surface area contributed by atoms with Gasteiger partial charge in [0.2, 0.25) is 5.91 Å². The molecule has 0 spiro atoms. The number of carbonyl (C=O) groups is 1. The van der Waals surface area contributed by atoms with Crippen LogP contribution in [0.3, 0.4) is 0 Å². The van der Waals surface area contributed by atoms with Gasteiger partial charge in [-0.15, -0.1) is 0 Å². The largest absolute Gasteiger partial charge is 0.314 e. The van der Waals surface area contributed by atoms with Crippen LogP contribution in [0.1, 0.15) is 25.8 Å². The monoisotopic (exact) mass is 266 g/mol. The fraction of sp³-hybridized carbons (Fsp3) is 0.500. The standard InChI is InChI=1S/C14H19ClN2O/c1-10-8-11(15)4-5-12(10)17-13(18)6-7-16-9-14(17,2)3/h4-5,8,16H,6-7,9H2,1-3H3. The average Bonchev–Trinajstić information content (AvgIpc) is 2.39. The molecule has 2 rings (SSSR count). The lowest BCUT2D eigenvalue weighted by Crippen LogP contribution is -2.51. The molecule has 1 aliphatic heterocycles. The summed E-state index contributed by atoms with van der Waals surface area (Å²) in [7, 11) is 0. The van der Waals surface area contributed by atoms with Crippen molar-refractivity contribution < 1.29 is 4.79 Å². The second-order valence-corrected chi connectivity index (χ2v) is 5.84. The molecule has 1 N–H and O–H groups in total. The van der Waals surface area contributed by atoms with E-state index >= 15 is 0 Å². The second-order valence-electron chi connectivity index (χ2n) is 5.40. The molecular weight excluding hydrogens is 248 g/mol. The van der Waals surface area contributed by atoms with Crippen LogP contribution in [0.25, 0.3) is 0 Å². The molecule has 3 nitrogen and oxygen atoms in total. The first-order valence-corrected chi connectivity index (χ1v) is 6.59. The van der Waals surface area contributed by atoms with Crippen LogP contribution < -0.4 is 10.2 Å². The second kappa shape index (κ2) is 4.90. The first-order chi connectivity index (χ1) is 8.42. The van der Waals surface area contributed by atoms with Crippen LogP contribution in [-0.2, 0) is 4.79 Å². The van der Waals surface area contributed by atoms with Gasteiger partial charge in [-0.2, -0.15) is 0 Å². The van der Waals surface area contributed by atoms with Gasteiger partial charge in [0.25, 0.3) is 0 Å². The van der Waals surface area contributed by atoms with E-state index in [1.807, 2.05) is 30.0 Å². The van der Waals surface area contributed by atoms with E-state index in [0.717, 1.165) is 24.3 Å². The summed E-state index contributed by atoms with van der Waals surface area (Å²) in [4.78, 5) is 14.2. The Morgan fingerprint density at radius 3 is 2.78 bits per heavy atom. The summed E-state index contributed by atoms with van der Waals surface area (Å²) >= 11 is 5.98. The predicted octanol–water partition coefficient (Wildman–Crippen LogP) is 2.75. The van der Waals surface area contributed by atoms with Crippen LogP contribution in [0.15, 0.2) is 18.2 Å². The third-order valence-corrected chi connectivity index (χ3v) is 3.56. The van der Waals surface area contributed by atoms with Crippen molar-refractivity contribution in [1.82, 2.24) is 5.32 Å². The quantitative estimate of drug-likeness (QED) is 0.848. The Morgan fingerprint density at radius 2 is 2.11 bits per heavy atom. The number of rotatable bonds is 1. The van der Waals surface area contributed by atoms with Gasteiger partial charge in [-0.1, -0.05) is 11.6 Å². The first kappa shape index (κ1) is 13.4. The lowest BCUT2D eigenvalue weighted by atomic mass is 10.0. The number of carbonyl (C=O) groups excluding carboxylic acids is 1. The van der Waals surface area contributed by atoms with Crippen LogP contribution in [0, 0.1) is 6.92 Å². The lowest BCUT2D eigenvalue weighted by Gasteiger charge is -2.38. The number of halogens is 1. The summed E-state index contributed by atoms with van der Waals surface area (Å²) in [5.74, 6) is 0.162. The summed E-state index contributed by atoms with van der Waals surface area (Å²) in [5.41, 5.74) is 1.76. The zero-order valence-electron chi connectivity index (χ0n) is 11.1. The number of amides is 1. The van der Waals surface area contributed by atoms with E-state index in [-0.39, 0.29) is 11.4 Å². The van der Waals surface area contributed by atoms with Crippen molar-refractivity contribution in [2.75, 3.05) is 18.0 Å². The minimum Gasteiger partial charge on any atom is -0.314 e. The predicted molar refractivity (Wildman–Crippen MR) is 75.2 cm³/mol. The molecule has 1 amide bonds. The minimum absolute atomic E-state index is 0.162. The molecule has 1 saturated heterocycles. The zero-order chi connectivity index (χ0) is 13.3. The highest BCUT2D eigenvalue weighted by Crippen LogP contribution is 2.30. The van der Waals surface area contributed by atoms with Crippen molar-refractivity contribution in [2.24, 2.45) is 0 Å². The Bertz CT molecular complexity index is 471. The van der Waals surface area contributed by atoms with Crippen molar-refractivity contribution in [3.63, 3.8) is 0 Å². The van der Waals surface area contributed by atoms with Crippen LogP contribution >= 0.6 is 11.6 Å². The number of hydrogen-bond acceptors (Lipinski definition) is 2. The number of hydrogen-bond donors (Lipinski definition) is 1. The van der Waals surface area contributed by atoms with Gasteiger partial charge in [0.15, 0.2) is 0 Å². The molecule has 0 atom stereocenters. The highest BCUT2D eigenvalue weighted by molar-refractivity contribution is 6.30. The molecule has 1 aromatic carbocycles. The van der Waals surface area contributed by atoms with Gasteiger partial charge < -0.3 is 10.2 Å². The number of nitrogens with zero attached hydrogens (tertiary/aromatic N) is 1. The highest BCUT2D eigenvalue weighted by atomic mass is 35.5. The molecule has 1 heterocycles. The number of benzene rings is 1. The normalized spacial score (nSPS) is 19.8. The van der Waals surface area contributed by atoms with E-state index in [4.69, 9.17) is 11.6 Å². The van der Waals surface area contributed by atoms with E-state index in [9.17, 15) is 4.79 Å². The van der Waals surface area contributed by atoms with Crippen molar-refractivity contribution in [2.45, 2.75) is 32.7 Å². The van der Waals surface area contributed by atoms with Crippen LogP contribution in [-0.4, -0.2) is 24.5 Å². The molecule has 98 valence electrons. The van der Waals surface area contributed by atoms with Crippen molar-refractivity contribution in [3.05, 3.63) is 28.8 Å². The van der Waals surface area contributed by atoms with Gasteiger partial charge in [-0.25, -0.2) is 0 Å². The van der Waals surface area contributed by atoms with E-state index < -0.39 is 0 Å². The smallest absolute Gasteiger partial charge is 0.228 e. The average molecular weight is 267 g/mol. The summed E-state index contributed by atoms with van der Waals surface area (Å²) in [6.07, 6.45) is 0.533. The third kappa shape index (κ3) is 2.52. The maximum atomic E-state index is 12.3. The van der Waals surface area contributed by atoms with Gasteiger partial charge in [0.05, 0.1) is 5.54 Å². The molecule has 18 heavy (non-hydrogen) atoms. The van der Waals surface area contributed by atoms with Crippen LogP contribution in [0.5, 0.6) is 0 Å². The fourth-order valence-electron chi connectivity index (χ4n) is 2.45.